The number of carboxylic acids is 1. The second-order valence-electron chi connectivity index (χ2n) is 5.74. The molecule has 1 heterocycles. The Morgan fingerprint density at radius 3 is 2.71 bits per heavy atom. The van der Waals surface area contributed by atoms with E-state index < -0.39 is 12.6 Å². The van der Waals surface area contributed by atoms with Crippen LogP contribution in [0.15, 0.2) is 36.4 Å². The van der Waals surface area contributed by atoms with E-state index in [-0.39, 0.29) is 11.8 Å². The third-order valence-corrected chi connectivity index (χ3v) is 4.02. The number of carbonyl (C=O) groups excluding carboxylic acids is 1. The number of carbonyl (C=O) groups is 2. The zero-order valence-electron chi connectivity index (χ0n) is 13.2. The van der Waals surface area contributed by atoms with Gasteiger partial charge in [-0.1, -0.05) is 24.3 Å². The van der Waals surface area contributed by atoms with E-state index >= 15 is 0 Å². The van der Waals surface area contributed by atoms with Crippen LogP contribution in [0.4, 0.5) is 5.69 Å². The lowest BCUT2D eigenvalue weighted by molar-refractivity contribution is -0.139. The summed E-state index contributed by atoms with van der Waals surface area (Å²) in [6.07, 6.45) is 1.71. The Kier molecular flexibility index (Phi) is 4.96. The van der Waals surface area contributed by atoms with Crippen LogP contribution in [0.3, 0.4) is 0 Å². The number of ether oxygens (including phenoxy) is 2. The van der Waals surface area contributed by atoms with Gasteiger partial charge in [0.2, 0.25) is 5.91 Å². The van der Waals surface area contributed by atoms with Crippen molar-refractivity contribution in [3.05, 3.63) is 36.4 Å². The molecule has 1 aliphatic heterocycles. The molecular formula is C18H19NO5. The quantitative estimate of drug-likeness (QED) is 0.881. The van der Waals surface area contributed by atoms with Crippen molar-refractivity contribution in [3.63, 3.8) is 0 Å². The average Bonchev–Trinajstić information content (AvgIpc) is 2.61. The smallest absolute Gasteiger partial charge is 0.341 e. The third-order valence-electron chi connectivity index (χ3n) is 4.02. The predicted molar refractivity (Wildman–Crippen MR) is 89.3 cm³/mol. The van der Waals surface area contributed by atoms with Gasteiger partial charge >= 0.3 is 5.97 Å². The minimum absolute atomic E-state index is 0.0564. The normalized spacial score (nSPS) is 17.4. The van der Waals surface area contributed by atoms with E-state index in [1.807, 2.05) is 24.3 Å². The van der Waals surface area contributed by atoms with Gasteiger partial charge < -0.3 is 19.9 Å². The summed E-state index contributed by atoms with van der Waals surface area (Å²) in [5, 5.41) is 13.3. The average molecular weight is 329 g/mol. The molecule has 0 aliphatic carbocycles. The van der Waals surface area contributed by atoms with Crippen molar-refractivity contribution in [3.8, 4) is 5.75 Å². The molecular weight excluding hydrogens is 310 g/mol. The summed E-state index contributed by atoms with van der Waals surface area (Å²) in [6.45, 7) is 0.751. The van der Waals surface area contributed by atoms with Crippen molar-refractivity contribution in [1.82, 2.24) is 0 Å². The van der Waals surface area contributed by atoms with Crippen LogP contribution in [0.2, 0.25) is 0 Å². The Morgan fingerprint density at radius 2 is 2.00 bits per heavy atom. The Balaban J connectivity index is 1.84. The predicted octanol–water partition coefficient (Wildman–Crippen LogP) is 2.67. The molecule has 0 unspecified atom stereocenters. The Hall–Kier alpha value is -2.60. The van der Waals surface area contributed by atoms with Crippen LogP contribution in [0, 0.1) is 5.92 Å². The fourth-order valence-electron chi connectivity index (χ4n) is 2.83. The van der Waals surface area contributed by atoms with E-state index in [1.165, 1.54) is 0 Å². The highest BCUT2D eigenvalue weighted by molar-refractivity contribution is 6.04. The van der Waals surface area contributed by atoms with Crippen LogP contribution in [0.1, 0.15) is 12.8 Å². The molecule has 1 fully saturated rings. The summed E-state index contributed by atoms with van der Waals surface area (Å²) in [6, 6.07) is 10.8. The molecule has 0 saturated carbocycles. The zero-order valence-corrected chi connectivity index (χ0v) is 13.2. The maximum absolute atomic E-state index is 12.4. The van der Waals surface area contributed by atoms with Crippen molar-refractivity contribution in [2.24, 2.45) is 5.92 Å². The first-order valence-electron chi connectivity index (χ1n) is 7.90. The van der Waals surface area contributed by atoms with Crippen LogP contribution < -0.4 is 10.1 Å². The first-order chi connectivity index (χ1) is 11.6. The van der Waals surface area contributed by atoms with Crippen LogP contribution in [-0.2, 0) is 14.3 Å². The van der Waals surface area contributed by atoms with E-state index in [4.69, 9.17) is 14.6 Å². The van der Waals surface area contributed by atoms with E-state index in [9.17, 15) is 9.59 Å². The number of aliphatic carboxylic acids is 1. The fraction of sp³-hybridized carbons (Fsp3) is 0.333. The summed E-state index contributed by atoms with van der Waals surface area (Å²) in [5.74, 6) is -0.750. The lowest BCUT2D eigenvalue weighted by atomic mass is 10.0. The van der Waals surface area contributed by atoms with Gasteiger partial charge in [-0.15, -0.1) is 0 Å². The molecule has 126 valence electrons. The number of carboxylic acid groups (broad SMARTS) is 1. The van der Waals surface area contributed by atoms with Gasteiger partial charge in [0.15, 0.2) is 6.61 Å². The maximum atomic E-state index is 12.4. The lowest BCUT2D eigenvalue weighted by Crippen LogP contribution is -2.30. The van der Waals surface area contributed by atoms with Gasteiger partial charge in [-0.3, -0.25) is 4.79 Å². The topological polar surface area (TPSA) is 84.9 Å². The van der Waals surface area contributed by atoms with E-state index in [2.05, 4.69) is 5.32 Å². The van der Waals surface area contributed by atoms with E-state index in [1.54, 1.807) is 12.1 Å². The van der Waals surface area contributed by atoms with Gasteiger partial charge in [-0.05, 0) is 25.0 Å². The number of hydrogen-bond acceptors (Lipinski definition) is 4. The molecule has 6 nitrogen and oxygen atoms in total. The van der Waals surface area contributed by atoms with E-state index in [0.717, 1.165) is 23.6 Å². The van der Waals surface area contributed by atoms with E-state index in [0.29, 0.717) is 24.7 Å². The summed E-state index contributed by atoms with van der Waals surface area (Å²) in [7, 11) is 0. The highest BCUT2D eigenvalue weighted by Crippen LogP contribution is 2.32. The molecule has 0 bridgehead atoms. The molecule has 2 aromatic carbocycles. The second kappa shape index (κ2) is 7.31. The van der Waals surface area contributed by atoms with Gasteiger partial charge in [0.05, 0.1) is 12.5 Å². The third kappa shape index (κ3) is 3.65. The Labute approximate surface area is 139 Å². The van der Waals surface area contributed by atoms with Crippen molar-refractivity contribution in [2.75, 3.05) is 25.1 Å². The highest BCUT2D eigenvalue weighted by atomic mass is 16.5. The van der Waals surface area contributed by atoms with Crippen LogP contribution >= 0.6 is 0 Å². The van der Waals surface area contributed by atoms with Crippen LogP contribution in [-0.4, -0.2) is 36.8 Å². The number of benzene rings is 2. The van der Waals surface area contributed by atoms with Crippen molar-refractivity contribution >= 4 is 28.3 Å². The van der Waals surface area contributed by atoms with Gasteiger partial charge in [0.25, 0.3) is 0 Å². The first kappa shape index (κ1) is 16.3. The largest absolute Gasteiger partial charge is 0.481 e. The highest BCUT2D eigenvalue weighted by Gasteiger charge is 2.22. The van der Waals surface area contributed by atoms with Crippen molar-refractivity contribution in [2.45, 2.75) is 12.8 Å². The minimum Gasteiger partial charge on any atom is -0.481 e. The fourth-order valence-corrected chi connectivity index (χ4v) is 2.83. The molecule has 1 atom stereocenters. The number of hydrogen-bond donors (Lipinski definition) is 2. The van der Waals surface area contributed by atoms with Crippen molar-refractivity contribution in [1.29, 1.82) is 0 Å². The molecule has 3 rings (SSSR count). The van der Waals surface area contributed by atoms with Crippen LogP contribution in [0.25, 0.3) is 10.8 Å². The number of amides is 1. The van der Waals surface area contributed by atoms with Gasteiger partial charge in [-0.2, -0.15) is 0 Å². The molecule has 1 amide bonds. The molecule has 2 N–H and O–H groups in total. The second-order valence-corrected chi connectivity index (χ2v) is 5.74. The molecule has 24 heavy (non-hydrogen) atoms. The molecule has 2 aromatic rings. The molecule has 1 aliphatic rings. The molecule has 0 aromatic heterocycles. The molecule has 1 saturated heterocycles. The van der Waals surface area contributed by atoms with Gasteiger partial charge in [0, 0.05) is 23.1 Å². The minimum atomic E-state index is -1.03. The lowest BCUT2D eigenvalue weighted by Gasteiger charge is -2.22. The maximum Gasteiger partial charge on any atom is 0.341 e. The summed E-state index contributed by atoms with van der Waals surface area (Å²) >= 11 is 0. The Morgan fingerprint density at radius 1 is 1.21 bits per heavy atom. The molecule has 0 spiro atoms. The summed E-state index contributed by atoms with van der Waals surface area (Å²) in [5.41, 5.74) is 0.684. The van der Waals surface area contributed by atoms with Crippen molar-refractivity contribution < 1.29 is 24.2 Å². The number of rotatable bonds is 5. The number of fused-ring (bicyclic) bond motifs is 1. The zero-order chi connectivity index (χ0) is 16.9. The van der Waals surface area contributed by atoms with Gasteiger partial charge in [-0.25, -0.2) is 4.79 Å². The molecule has 6 heteroatoms. The summed E-state index contributed by atoms with van der Waals surface area (Å²) < 4.78 is 10.7. The Bertz CT molecular complexity index is 752. The summed E-state index contributed by atoms with van der Waals surface area (Å²) in [4.78, 5) is 23.1. The van der Waals surface area contributed by atoms with Gasteiger partial charge in [0.1, 0.15) is 5.75 Å². The van der Waals surface area contributed by atoms with Crippen LogP contribution in [0.5, 0.6) is 5.75 Å². The SMILES string of the molecule is O=C(O)COc1ccc(NC(=O)[C@H]2CCCOC2)c2ccccc12. The standard InChI is InChI=1S/C18H19NO5/c20-17(21)11-24-16-8-7-15(13-5-1-2-6-14(13)16)19-18(22)12-4-3-9-23-10-12/h1-2,5-8,12H,3-4,9-11H2,(H,19,22)(H,20,21)/t12-/m0/s1. The molecule has 0 radical (unpaired) electrons. The first-order valence-corrected chi connectivity index (χ1v) is 7.90. The number of nitrogens with one attached hydrogen (secondary N) is 1. The monoisotopic (exact) mass is 329 g/mol. The number of anilines is 1.